The predicted molar refractivity (Wildman–Crippen MR) is 105 cm³/mol. The Labute approximate surface area is 167 Å². The highest BCUT2D eigenvalue weighted by molar-refractivity contribution is 9.10. The van der Waals surface area contributed by atoms with Crippen LogP contribution in [0, 0.1) is 0 Å². The van der Waals surface area contributed by atoms with Crippen molar-refractivity contribution in [2.24, 2.45) is 0 Å². The maximum Gasteiger partial charge on any atom is 0.339 e. The lowest BCUT2D eigenvalue weighted by molar-refractivity contribution is -0.138. The summed E-state index contributed by atoms with van der Waals surface area (Å²) in [7, 11) is 4.74. The summed E-state index contributed by atoms with van der Waals surface area (Å²) in [5.41, 5.74) is 0.848. The molecule has 1 atom stereocenters. The molecule has 27 heavy (non-hydrogen) atoms. The molecule has 0 aromatic heterocycles. The van der Waals surface area contributed by atoms with Crippen LogP contribution in [-0.2, 0) is 9.53 Å². The summed E-state index contributed by atoms with van der Waals surface area (Å²) in [5, 5.41) is 0. The monoisotopic (exact) mass is 435 g/mol. The van der Waals surface area contributed by atoms with E-state index in [1.165, 1.54) is 18.1 Å². The number of amides is 1. The van der Waals surface area contributed by atoms with Crippen molar-refractivity contribution >= 4 is 27.8 Å². The zero-order chi connectivity index (χ0) is 20.0. The van der Waals surface area contributed by atoms with Crippen molar-refractivity contribution in [2.75, 3.05) is 27.8 Å². The summed E-state index contributed by atoms with van der Waals surface area (Å²) < 4.78 is 16.9. The summed E-state index contributed by atoms with van der Waals surface area (Å²) >= 11 is 3.37. The Morgan fingerprint density at radius 3 is 2.37 bits per heavy atom. The second kappa shape index (κ2) is 9.41. The fourth-order valence-corrected chi connectivity index (χ4v) is 3.05. The molecule has 0 saturated heterocycles. The lowest BCUT2D eigenvalue weighted by atomic mass is 10.1. The number of nitrogens with zero attached hydrogens (tertiary/aromatic N) is 1. The standard InChI is InChI=1S/C20H22BrNO5/c1-5-26-16-12-14(11-15(21)18(16)25-4)20(24)27-17(19(23)22(2)3)13-9-7-6-8-10-13/h6-12,17H,5H2,1-4H3. The van der Waals surface area contributed by atoms with Crippen molar-refractivity contribution < 1.29 is 23.8 Å². The molecule has 0 aliphatic heterocycles. The molecule has 144 valence electrons. The summed E-state index contributed by atoms with van der Waals surface area (Å²) in [5.74, 6) is -0.0654. The van der Waals surface area contributed by atoms with Gasteiger partial charge in [-0.05, 0) is 35.0 Å². The van der Waals surface area contributed by atoms with Crippen LogP contribution in [-0.4, -0.2) is 44.6 Å². The number of halogens is 1. The van der Waals surface area contributed by atoms with E-state index in [0.717, 1.165) is 0 Å². The smallest absolute Gasteiger partial charge is 0.339 e. The van der Waals surface area contributed by atoms with Gasteiger partial charge in [-0.1, -0.05) is 30.3 Å². The molecule has 2 rings (SSSR count). The Morgan fingerprint density at radius 2 is 1.81 bits per heavy atom. The number of rotatable bonds is 7. The van der Waals surface area contributed by atoms with Gasteiger partial charge in [0.2, 0.25) is 6.10 Å². The quantitative estimate of drug-likeness (QED) is 0.618. The van der Waals surface area contributed by atoms with Gasteiger partial charge in [0, 0.05) is 19.7 Å². The van der Waals surface area contributed by atoms with Crippen LogP contribution in [0.3, 0.4) is 0 Å². The third kappa shape index (κ3) is 5.01. The molecule has 0 fully saturated rings. The molecule has 6 nitrogen and oxygen atoms in total. The Kier molecular flexibility index (Phi) is 7.24. The van der Waals surface area contributed by atoms with Crippen molar-refractivity contribution in [2.45, 2.75) is 13.0 Å². The number of likely N-dealkylation sites (N-methyl/N-ethyl adjacent to an activating group) is 1. The molecule has 0 radical (unpaired) electrons. The Morgan fingerprint density at radius 1 is 1.15 bits per heavy atom. The number of hydrogen-bond acceptors (Lipinski definition) is 5. The van der Waals surface area contributed by atoms with Crippen molar-refractivity contribution in [3.05, 3.63) is 58.1 Å². The van der Waals surface area contributed by atoms with Crippen LogP contribution in [0.2, 0.25) is 0 Å². The van der Waals surface area contributed by atoms with Crippen molar-refractivity contribution in [1.82, 2.24) is 4.90 Å². The van der Waals surface area contributed by atoms with Gasteiger partial charge < -0.3 is 19.1 Å². The van der Waals surface area contributed by atoms with Gasteiger partial charge in [0.05, 0.1) is 23.8 Å². The van der Waals surface area contributed by atoms with E-state index >= 15 is 0 Å². The molecule has 0 saturated carbocycles. The van der Waals surface area contributed by atoms with Gasteiger partial charge in [0.1, 0.15) is 0 Å². The molecule has 2 aromatic rings. The summed E-state index contributed by atoms with van der Waals surface area (Å²) in [4.78, 5) is 26.7. The molecule has 1 amide bonds. The summed E-state index contributed by atoms with van der Waals surface area (Å²) in [6, 6.07) is 12.0. The normalized spacial score (nSPS) is 11.4. The van der Waals surface area contributed by atoms with Gasteiger partial charge >= 0.3 is 5.97 Å². The second-order valence-corrected chi connectivity index (χ2v) is 6.71. The van der Waals surface area contributed by atoms with Gasteiger partial charge in [-0.25, -0.2) is 4.79 Å². The van der Waals surface area contributed by atoms with Crippen LogP contribution < -0.4 is 9.47 Å². The second-order valence-electron chi connectivity index (χ2n) is 5.85. The number of hydrogen-bond donors (Lipinski definition) is 0. The van der Waals surface area contributed by atoms with E-state index in [1.54, 1.807) is 44.4 Å². The van der Waals surface area contributed by atoms with Crippen LogP contribution in [0.25, 0.3) is 0 Å². The topological polar surface area (TPSA) is 65.1 Å². The molecular weight excluding hydrogens is 414 g/mol. The highest BCUT2D eigenvalue weighted by Crippen LogP contribution is 2.37. The SMILES string of the molecule is CCOc1cc(C(=O)OC(C(=O)N(C)C)c2ccccc2)cc(Br)c1OC. The van der Waals surface area contributed by atoms with E-state index in [1.807, 2.05) is 13.0 Å². The van der Waals surface area contributed by atoms with Gasteiger partial charge in [0.25, 0.3) is 5.91 Å². The molecule has 0 aliphatic rings. The van der Waals surface area contributed by atoms with Gasteiger partial charge in [-0.15, -0.1) is 0 Å². The third-order valence-electron chi connectivity index (χ3n) is 3.74. The van der Waals surface area contributed by atoms with Crippen molar-refractivity contribution in [1.29, 1.82) is 0 Å². The van der Waals surface area contributed by atoms with Crippen molar-refractivity contribution in [3.8, 4) is 11.5 Å². The Hall–Kier alpha value is -2.54. The van der Waals surface area contributed by atoms with E-state index in [2.05, 4.69) is 15.9 Å². The van der Waals surface area contributed by atoms with Crippen LogP contribution in [0.1, 0.15) is 28.9 Å². The largest absolute Gasteiger partial charge is 0.492 e. The van der Waals surface area contributed by atoms with E-state index in [0.29, 0.717) is 28.1 Å². The number of esters is 1. The molecule has 0 aliphatic carbocycles. The highest BCUT2D eigenvalue weighted by atomic mass is 79.9. The van der Waals surface area contributed by atoms with Gasteiger partial charge in [-0.3, -0.25) is 4.79 Å². The highest BCUT2D eigenvalue weighted by Gasteiger charge is 2.27. The van der Waals surface area contributed by atoms with Gasteiger partial charge in [0.15, 0.2) is 11.5 Å². The maximum absolute atomic E-state index is 12.8. The molecule has 1 unspecified atom stereocenters. The van der Waals surface area contributed by atoms with E-state index < -0.39 is 12.1 Å². The predicted octanol–water partition coefficient (Wildman–Crippen LogP) is 3.84. The van der Waals surface area contributed by atoms with E-state index in [9.17, 15) is 9.59 Å². The molecule has 0 N–H and O–H groups in total. The van der Waals surface area contributed by atoms with Crippen LogP contribution in [0.4, 0.5) is 0 Å². The first-order chi connectivity index (χ1) is 12.9. The average Bonchev–Trinajstić information content (AvgIpc) is 2.66. The fraction of sp³-hybridized carbons (Fsp3) is 0.300. The molecule has 0 bridgehead atoms. The molecule has 2 aromatic carbocycles. The minimum atomic E-state index is -1.04. The third-order valence-corrected chi connectivity index (χ3v) is 4.33. The molecular formula is C20H22BrNO5. The first-order valence-corrected chi connectivity index (χ1v) is 9.15. The number of methoxy groups -OCH3 is 1. The Bertz CT molecular complexity index is 808. The number of carbonyl (C=O) groups excluding carboxylic acids is 2. The van der Waals surface area contributed by atoms with Crippen LogP contribution in [0.5, 0.6) is 11.5 Å². The van der Waals surface area contributed by atoms with Crippen LogP contribution >= 0.6 is 15.9 Å². The Balaban J connectivity index is 2.36. The zero-order valence-electron chi connectivity index (χ0n) is 15.7. The lowest BCUT2D eigenvalue weighted by Crippen LogP contribution is -2.31. The lowest BCUT2D eigenvalue weighted by Gasteiger charge is -2.21. The molecule has 0 spiro atoms. The first kappa shape index (κ1) is 20.8. The van der Waals surface area contributed by atoms with Gasteiger partial charge in [-0.2, -0.15) is 0 Å². The van der Waals surface area contributed by atoms with Crippen molar-refractivity contribution in [3.63, 3.8) is 0 Å². The first-order valence-electron chi connectivity index (χ1n) is 8.36. The van der Waals surface area contributed by atoms with E-state index in [-0.39, 0.29) is 11.5 Å². The average molecular weight is 436 g/mol. The maximum atomic E-state index is 12.8. The molecule has 7 heteroatoms. The molecule has 0 heterocycles. The zero-order valence-corrected chi connectivity index (χ0v) is 17.3. The number of carbonyl (C=O) groups is 2. The van der Waals surface area contributed by atoms with E-state index in [4.69, 9.17) is 14.2 Å². The fourth-order valence-electron chi connectivity index (χ4n) is 2.45. The summed E-state index contributed by atoms with van der Waals surface area (Å²) in [6.07, 6.45) is -1.04. The minimum absolute atomic E-state index is 0.249. The number of ether oxygens (including phenoxy) is 3. The minimum Gasteiger partial charge on any atom is -0.492 e. The summed E-state index contributed by atoms with van der Waals surface area (Å²) in [6.45, 7) is 2.24. The number of benzene rings is 2. The van der Waals surface area contributed by atoms with Crippen LogP contribution in [0.15, 0.2) is 46.9 Å².